The Hall–Kier alpha value is -1.92. The molecule has 122 valence electrons. The van der Waals surface area contributed by atoms with Crippen LogP contribution in [-0.4, -0.2) is 28.4 Å². The molecule has 0 fully saturated rings. The molecule has 0 radical (unpaired) electrons. The molecule has 1 heterocycles. The number of amides is 1. The van der Waals surface area contributed by atoms with E-state index in [4.69, 9.17) is 16.7 Å². The fraction of sp³-hybridized carbons (Fsp3) is 0.250. The molecule has 0 bridgehead atoms. The van der Waals surface area contributed by atoms with Crippen LogP contribution in [0.1, 0.15) is 16.9 Å². The molecule has 1 aromatic heterocycles. The highest BCUT2D eigenvalue weighted by atomic mass is 35.5. The van der Waals surface area contributed by atoms with Gasteiger partial charge in [0.15, 0.2) is 0 Å². The van der Waals surface area contributed by atoms with Crippen molar-refractivity contribution in [1.29, 1.82) is 0 Å². The van der Waals surface area contributed by atoms with Gasteiger partial charge in [-0.2, -0.15) is 0 Å². The minimum Gasteiger partial charge on any atom is -0.480 e. The maximum Gasteiger partial charge on any atom is 0.323 e. The van der Waals surface area contributed by atoms with E-state index in [0.717, 1.165) is 4.88 Å². The minimum absolute atomic E-state index is 0.136. The van der Waals surface area contributed by atoms with Gasteiger partial charge in [0.05, 0.1) is 4.34 Å². The molecular weight excluding hydrogens is 341 g/mol. The van der Waals surface area contributed by atoms with Crippen molar-refractivity contribution >= 4 is 34.8 Å². The van der Waals surface area contributed by atoms with E-state index in [-0.39, 0.29) is 31.2 Å². The summed E-state index contributed by atoms with van der Waals surface area (Å²) in [5.41, 5.74) is 0.681. The molecule has 0 unspecified atom stereocenters. The van der Waals surface area contributed by atoms with Crippen molar-refractivity contribution in [2.24, 2.45) is 0 Å². The first kappa shape index (κ1) is 17.4. The van der Waals surface area contributed by atoms with Crippen LogP contribution in [0.2, 0.25) is 4.34 Å². The summed E-state index contributed by atoms with van der Waals surface area (Å²) in [7, 11) is 0. The van der Waals surface area contributed by atoms with Gasteiger partial charge >= 0.3 is 5.97 Å². The zero-order chi connectivity index (χ0) is 16.8. The highest BCUT2D eigenvalue weighted by Gasteiger charge is 2.17. The van der Waals surface area contributed by atoms with Gasteiger partial charge in [0.2, 0.25) is 5.91 Å². The largest absolute Gasteiger partial charge is 0.480 e. The Balaban J connectivity index is 1.99. The third-order valence-electron chi connectivity index (χ3n) is 3.18. The molecule has 7 heteroatoms. The van der Waals surface area contributed by atoms with E-state index in [1.807, 2.05) is 6.07 Å². The molecule has 0 aliphatic carbocycles. The number of carboxylic acids is 1. The fourth-order valence-electron chi connectivity index (χ4n) is 2.08. The van der Waals surface area contributed by atoms with E-state index >= 15 is 0 Å². The summed E-state index contributed by atoms with van der Waals surface area (Å²) >= 11 is 7.24. The molecule has 4 nitrogen and oxygen atoms in total. The Kier molecular flexibility index (Phi) is 6.12. The normalized spacial score (nSPS) is 10.5. The molecule has 1 aromatic carbocycles. The lowest BCUT2D eigenvalue weighted by atomic mass is 10.2. The van der Waals surface area contributed by atoms with Crippen LogP contribution < -0.4 is 0 Å². The smallest absolute Gasteiger partial charge is 0.323 e. The number of benzene rings is 1. The summed E-state index contributed by atoms with van der Waals surface area (Å²) in [6, 6.07) is 9.26. The van der Waals surface area contributed by atoms with Crippen molar-refractivity contribution in [2.45, 2.75) is 19.4 Å². The number of aliphatic carboxylic acids is 1. The molecule has 0 spiro atoms. The molecule has 1 N–H and O–H groups in total. The number of hydrogen-bond acceptors (Lipinski definition) is 3. The van der Waals surface area contributed by atoms with E-state index in [0.29, 0.717) is 16.3 Å². The first-order valence-corrected chi connectivity index (χ1v) is 8.11. The van der Waals surface area contributed by atoms with E-state index in [9.17, 15) is 14.0 Å². The van der Waals surface area contributed by atoms with Crippen molar-refractivity contribution < 1.29 is 19.1 Å². The van der Waals surface area contributed by atoms with E-state index in [1.165, 1.54) is 40.5 Å². The summed E-state index contributed by atoms with van der Waals surface area (Å²) in [5, 5.41) is 8.97. The van der Waals surface area contributed by atoms with E-state index in [2.05, 4.69) is 0 Å². The summed E-state index contributed by atoms with van der Waals surface area (Å²) in [6.45, 7) is -0.252. The Morgan fingerprint density at radius 3 is 2.43 bits per heavy atom. The predicted molar refractivity (Wildman–Crippen MR) is 87.1 cm³/mol. The van der Waals surface area contributed by atoms with Crippen LogP contribution in [-0.2, 0) is 22.6 Å². The molecule has 0 aliphatic heterocycles. The molecule has 0 saturated heterocycles. The Labute approximate surface area is 142 Å². The van der Waals surface area contributed by atoms with Crippen LogP contribution in [0.25, 0.3) is 0 Å². The number of hydrogen-bond donors (Lipinski definition) is 1. The van der Waals surface area contributed by atoms with Gasteiger partial charge in [-0.25, -0.2) is 4.39 Å². The molecule has 2 aromatic rings. The van der Waals surface area contributed by atoms with Gasteiger partial charge in [-0.15, -0.1) is 11.3 Å². The maximum absolute atomic E-state index is 12.9. The second-order valence-electron chi connectivity index (χ2n) is 4.98. The molecule has 0 atom stereocenters. The lowest BCUT2D eigenvalue weighted by Crippen LogP contribution is -2.35. The van der Waals surface area contributed by atoms with Crippen molar-refractivity contribution in [3.63, 3.8) is 0 Å². The van der Waals surface area contributed by atoms with Crippen LogP contribution in [0.5, 0.6) is 0 Å². The third-order valence-corrected chi connectivity index (χ3v) is 4.47. The number of carbonyl (C=O) groups is 2. The Bertz CT molecular complexity index is 687. The lowest BCUT2D eigenvalue weighted by Gasteiger charge is -2.20. The van der Waals surface area contributed by atoms with Crippen LogP contribution >= 0.6 is 22.9 Å². The fourth-order valence-corrected chi connectivity index (χ4v) is 3.17. The van der Waals surface area contributed by atoms with Crippen LogP contribution in [0, 0.1) is 5.82 Å². The quantitative estimate of drug-likeness (QED) is 0.825. The van der Waals surface area contributed by atoms with Crippen molar-refractivity contribution in [3.05, 3.63) is 57.0 Å². The number of aryl methyl sites for hydroxylation is 1. The number of thiophene rings is 1. The van der Waals surface area contributed by atoms with Crippen molar-refractivity contribution in [3.8, 4) is 0 Å². The average molecular weight is 356 g/mol. The summed E-state index contributed by atoms with van der Waals surface area (Å²) in [4.78, 5) is 25.5. The average Bonchev–Trinajstić information content (AvgIpc) is 2.91. The first-order chi connectivity index (χ1) is 10.9. The number of rotatable bonds is 7. The van der Waals surface area contributed by atoms with Crippen LogP contribution in [0.15, 0.2) is 36.4 Å². The number of carboxylic acid groups (broad SMARTS) is 1. The third kappa shape index (κ3) is 5.65. The Morgan fingerprint density at radius 1 is 1.17 bits per heavy atom. The highest BCUT2D eigenvalue weighted by Crippen LogP contribution is 2.22. The molecule has 0 aliphatic rings. The number of nitrogens with zero attached hydrogens (tertiary/aromatic N) is 1. The minimum atomic E-state index is -1.08. The van der Waals surface area contributed by atoms with Gasteiger partial charge in [-0.1, -0.05) is 23.7 Å². The molecule has 1 amide bonds. The van der Waals surface area contributed by atoms with Crippen molar-refractivity contribution in [1.82, 2.24) is 4.90 Å². The van der Waals surface area contributed by atoms with Gasteiger partial charge in [0, 0.05) is 17.8 Å². The molecule has 0 saturated carbocycles. The van der Waals surface area contributed by atoms with Gasteiger partial charge in [0.25, 0.3) is 0 Å². The van der Waals surface area contributed by atoms with Crippen LogP contribution in [0.3, 0.4) is 0 Å². The first-order valence-electron chi connectivity index (χ1n) is 6.92. The van der Waals surface area contributed by atoms with E-state index < -0.39 is 5.97 Å². The summed E-state index contributed by atoms with van der Waals surface area (Å²) < 4.78 is 13.6. The second kappa shape index (κ2) is 8.08. The standard InChI is InChI=1S/C16H15ClFNO3S/c17-14-7-5-13(23-14)6-8-15(20)19(10-16(21)22)9-11-1-3-12(18)4-2-11/h1-5,7H,6,8-10H2,(H,21,22). The Morgan fingerprint density at radius 2 is 1.87 bits per heavy atom. The van der Waals surface area contributed by atoms with Gasteiger partial charge < -0.3 is 10.0 Å². The number of carbonyl (C=O) groups excluding carboxylic acids is 1. The number of halogens is 2. The van der Waals surface area contributed by atoms with Gasteiger partial charge in [-0.3, -0.25) is 9.59 Å². The lowest BCUT2D eigenvalue weighted by molar-refractivity contribution is -0.144. The monoisotopic (exact) mass is 355 g/mol. The zero-order valence-corrected chi connectivity index (χ0v) is 13.7. The maximum atomic E-state index is 12.9. The summed E-state index contributed by atoms with van der Waals surface area (Å²) in [6.07, 6.45) is 0.709. The topological polar surface area (TPSA) is 57.6 Å². The highest BCUT2D eigenvalue weighted by molar-refractivity contribution is 7.16. The molecular formula is C16H15ClFNO3S. The van der Waals surface area contributed by atoms with Gasteiger partial charge in [-0.05, 0) is 36.2 Å². The summed E-state index contributed by atoms with van der Waals surface area (Å²) in [5.74, 6) is -1.72. The predicted octanol–water partition coefficient (Wildman–Crippen LogP) is 3.59. The second-order valence-corrected chi connectivity index (χ2v) is 6.78. The van der Waals surface area contributed by atoms with Crippen molar-refractivity contribution in [2.75, 3.05) is 6.54 Å². The SMILES string of the molecule is O=C(O)CN(Cc1ccc(F)cc1)C(=O)CCc1ccc(Cl)s1. The molecule has 2 rings (SSSR count). The zero-order valence-electron chi connectivity index (χ0n) is 12.2. The van der Waals surface area contributed by atoms with Gasteiger partial charge in [0.1, 0.15) is 12.4 Å². The molecule has 23 heavy (non-hydrogen) atoms. The van der Waals surface area contributed by atoms with Crippen LogP contribution in [0.4, 0.5) is 4.39 Å². The van der Waals surface area contributed by atoms with E-state index in [1.54, 1.807) is 6.07 Å².